The van der Waals surface area contributed by atoms with E-state index in [4.69, 9.17) is 16.3 Å². The van der Waals surface area contributed by atoms with Crippen LogP contribution in [0.3, 0.4) is 0 Å². The Labute approximate surface area is 100 Å². The third-order valence-corrected chi connectivity index (χ3v) is 2.42. The highest BCUT2D eigenvalue weighted by molar-refractivity contribution is 6.25. The first-order valence-electron chi connectivity index (χ1n) is 4.99. The minimum Gasteiger partial charge on any atom is -0.486 e. The molecule has 4 heteroatoms. The molecule has 0 aliphatic heterocycles. The average molecular weight is 244 g/mol. The molecular weight excluding hydrogens is 229 g/mol. The molecule has 0 bridgehead atoms. The maximum absolute atomic E-state index is 13.5. The third kappa shape index (κ3) is 3.51. The standard InChI is InChI=1S/C12H15ClFNO/c1-9(6-13)8-16-12-10(7-15-2)4-3-5-11(12)14/h3-6,15H,7-8H2,1-2H3/b9-6+. The van der Waals surface area contributed by atoms with Gasteiger partial charge in [0, 0.05) is 17.6 Å². The summed E-state index contributed by atoms with van der Waals surface area (Å²) in [5.74, 6) is -0.0650. The van der Waals surface area contributed by atoms with Crippen molar-refractivity contribution in [3.05, 3.63) is 40.7 Å². The quantitative estimate of drug-likeness (QED) is 0.858. The van der Waals surface area contributed by atoms with E-state index >= 15 is 0 Å². The van der Waals surface area contributed by atoms with Crippen LogP contribution in [-0.2, 0) is 6.54 Å². The summed E-state index contributed by atoms with van der Waals surface area (Å²) in [5, 5.41) is 2.97. The molecule has 0 spiro atoms. The van der Waals surface area contributed by atoms with E-state index in [1.807, 2.05) is 13.0 Å². The number of rotatable bonds is 5. The Morgan fingerprint density at radius 3 is 2.94 bits per heavy atom. The van der Waals surface area contributed by atoms with E-state index in [1.54, 1.807) is 13.1 Å². The molecule has 0 aliphatic rings. The lowest BCUT2D eigenvalue weighted by atomic mass is 10.2. The first-order chi connectivity index (χ1) is 7.69. The highest BCUT2D eigenvalue weighted by Crippen LogP contribution is 2.23. The summed E-state index contributed by atoms with van der Waals surface area (Å²) in [6, 6.07) is 4.88. The van der Waals surface area contributed by atoms with Gasteiger partial charge in [0.1, 0.15) is 6.61 Å². The van der Waals surface area contributed by atoms with E-state index in [0.29, 0.717) is 13.2 Å². The van der Waals surface area contributed by atoms with Crippen LogP contribution in [0.15, 0.2) is 29.3 Å². The van der Waals surface area contributed by atoms with Gasteiger partial charge in [0.2, 0.25) is 0 Å². The van der Waals surface area contributed by atoms with Crippen molar-refractivity contribution >= 4 is 11.6 Å². The van der Waals surface area contributed by atoms with Crippen molar-refractivity contribution in [3.8, 4) is 5.75 Å². The van der Waals surface area contributed by atoms with E-state index in [-0.39, 0.29) is 11.6 Å². The van der Waals surface area contributed by atoms with Crippen molar-refractivity contribution in [1.29, 1.82) is 0 Å². The van der Waals surface area contributed by atoms with Crippen LogP contribution in [0.4, 0.5) is 4.39 Å². The Morgan fingerprint density at radius 1 is 1.56 bits per heavy atom. The summed E-state index contributed by atoms with van der Waals surface area (Å²) in [5.41, 5.74) is 3.07. The van der Waals surface area contributed by atoms with Crippen LogP contribution in [0, 0.1) is 5.82 Å². The molecule has 1 N–H and O–H groups in total. The molecule has 0 aliphatic carbocycles. The van der Waals surface area contributed by atoms with Crippen molar-refractivity contribution in [3.63, 3.8) is 0 Å². The lowest BCUT2D eigenvalue weighted by Gasteiger charge is -2.12. The molecule has 88 valence electrons. The molecule has 0 fully saturated rings. The molecule has 0 heterocycles. The third-order valence-electron chi connectivity index (χ3n) is 2.05. The second kappa shape index (κ2) is 6.51. The Hall–Kier alpha value is -1.06. The van der Waals surface area contributed by atoms with E-state index in [0.717, 1.165) is 11.1 Å². The van der Waals surface area contributed by atoms with E-state index in [2.05, 4.69) is 5.32 Å². The fraction of sp³-hybridized carbons (Fsp3) is 0.333. The lowest BCUT2D eigenvalue weighted by molar-refractivity contribution is 0.328. The summed E-state index contributed by atoms with van der Waals surface area (Å²) in [6.07, 6.45) is 0. The van der Waals surface area contributed by atoms with Crippen LogP contribution >= 0.6 is 11.6 Å². The summed E-state index contributed by atoms with van der Waals surface area (Å²) >= 11 is 5.51. The van der Waals surface area contributed by atoms with Gasteiger partial charge in [-0.15, -0.1) is 0 Å². The van der Waals surface area contributed by atoms with Crippen molar-refractivity contribution in [1.82, 2.24) is 5.32 Å². The first kappa shape index (κ1) is 13.0. The second-order valence-electron chi connectivity index (χ2n) is 3.50. The number of para-hydroxylation sites is 1. The molecule has 0 saturated heterocycles. The highest BCUT2D eigenvalue weighted by atomic mass is 35.5. The molecule has 1 aromatic carbocycles. The molecule has 0 unspecified atom stereocenters. The number of ether oxygens (including phenoxy) is 1. The zero-order valence-electron chi connectivity index (χ0n) is 9.39. The van der Waals surface area contributed by atoms with Gasteiger partial charge in [0.15, 0.2) is 11.6 Å². The van der Waals surface area contributed by atoms with Gasteiger partial charge in [-0.2, -0.15) is 0 Å². The van der Waals surface area contributed by atoms with Gasteiger partial charge in [-0.25, -0.2) is 4.39 Å². The summed E-state index contributed by atoms with van der Waals surface area (Å²) in [4.78, 5) is 0. The van der Waals surface area contributed by atoms with E-state index in [9.17, 15) is 4.39 Å². The Balaban J connectivity index is 2.83. The zero-order valence-corrected chi connectivity index (χ0v) is 10.1. The van der Waals surface area contributed by atoms with Gasteiger partial charge in [-0.3, -0.25) is 0 Å². The highest BCUT2D eigenvalue weighted by Gasteiger charge is 2.09. The maximum atomic E-state index is 13.5. The van der Waals surface area contributed by atoms with Crippen LogP contribution in [0.25, 0.3) is 0 Å². The summed E-state index contributed by atoms with van der Waals surface area (Å²) < 4.78 is 18.9. The van der Waals surface area contributed by atoms with E-state index in [1.165, 1.54) is 11.6 Å². The number of benzene rings is 1. The molecule has 0 atom stereocenters. The fourth-order valence-corrected chi connectivity index (χ4v) is 1.33. The monoisotopic (exact) mass is 243 g/mol. The summed E-state index contributed by atoms with van der Waals surface area (Å²) in [7, 11) is 1.80. The Bertz CT molecular complexity index is 379. The van der Waals surface area contributed by atoms with Gasteiger partial charge >= 0.3 is 0 Å². The summed E-state index contributed by atoms with van der Waals surface area (Å²) in [6.45, 7) is 2.68. The van der Waals surface area contributed by atoms with Gasteiger partial charge in [0.25, 0.3) is 0 Å². The van der Waals surface area contributed by atoms with Crippen molar-refractivity contribution in [2.75, 3.05) is 13.7 Å². The van der Waals surface area contributed by atoms with Gasteiger partial charge in [-0.05, 0) is 25.6 Å². The molecule has 2 nitrogen and oxygen atoms in total. The zero-order chi connectivity index (χ0) is 12.0. The molecular formula is C12H15ClFNO. The number of nitrogens with one attached hydrogen (secondary N) is 1. The Kier molecular flexibility index (Phi) is 5.29. The minimum atomic E-state index is -0.352. The molecule has 1 rings (SSSR count). The number of hydrogen-bond acceptors (Lipinski definition) is 2. The van der Waals surface area contributed by atoms with Crippen LogP contribution in [0.5, 0.6) is 5.75 Å². The number of halogens is 2. The Morgan fingerprint density at radius 2 is 2.31 bits per heavy atom. The van der Waals surface area contributed by atoms with Gasteiger partial charge < -0.3 is 10.1 Å². The normalized spacial score (nSPS) is 11.6. The van der Waals surface area contributed by atoms with Crippen LogP contribution in [0.1, 0.15) is 12.5 Å². The average Bonchev–Trinajstić information content (AvgIpc) is 2.28. The molecule has 0 amide bonds. The smallest absolute Gasteiger partial charge is 0.165 e. The topological polar surface area (TPSA) is 21.3 Å². The molecule has 16 heavy (non-hydrogen) atoms. The van der Waals surface area contributed by atoms with Crippen molar-refractivity contribution in [2.45, 2.75) is 13.5 Å². The predicted octanol–water partition coefficient (Wildman–Crippen LogP) is 3.07. The van der Waals surface area contributed by atoms with Crippen LogP contribution < -0.4 is 10.1 Å². The SMILES string of the molecule is CNCc1cccc(F)c1OC/C(C)=C/Cl. The molecule has 0 aromatic heterocycles. The minimum absolute atomic E-state index is 0.287. The number of hydrogen-bond donors (Lipinski definition) is 1. The van der Waals surface area contributed by atoms with E-state index < -0.39 is 0 Å². The molecule has 0 saturated carbocycles. The fourth-order valence-electron chi connectivity index (χ4n) is 1.26. The largest absolute Gasteiger partial charge is 0.486 e. The van der Waals surface area contributed by atoms with Gasteiger partial charge in [0.05, 0.1) is 0 Å². The first-order valence-corrected chi connectivity index (χ1v) is 5.43. The van der Waals surface area contributed by atoms with Crippen molar-refractivity contribution < 1.29 is 9.13 Å². The second-order valence-corrected chi connectivity index (χ2v) is 3.72. The van der Waals surface area contributed by atoms with Crippen molar-refractivity contribution in [2.24, 2.45) is 0 Å². The van der Waals surface area contributed by atoms with Gasteiger partial charge in [-0.1, -0.05) is 23.7 Å². The van der Waals surface area contributed by atoms with Crippen LogP contribution in [0.2, 0.25) is 0 Å². The predicted molar refractivity (Wildman–Crippen MR) is 64.3 cm³/mol. The lowest BCUT2D eigenvalue weighted by Crippen LogP contribution is -2.09. The molecule has 0 radical (unpaired) electrons. The molecule has 1 aromatic rings. The van der Waals surface area contributed by atoms with Crippen LogP contribution in [-0.4, -0.2) is 13.7 Å². The maximum Gasteiger partial charge on any atom is 0.165 e.